The summed E-state index contributed by atoms with van der Waals surface area (Å²) in [5.74, 6) is 0.966. The fourth-order valence-electron chi connectivity index (χ4n) is 2.44. The Bertz CT molecular complexity index is 929. The molecule has 1 aromatic carbocycles. The van der Waals surface area contributed by atoms with Gasteiger partial charge in [0.05, 0.1) is 0 Å². The Kier molecular flexibility index (Phi) is 5.89. The van der Waals surface area contributed by atoms with Gasteiger partial charge in [-0.1, -0.05) is 36.9 Å². The lowest BCUT2D eigenvalue weighted by Gasteiger charge is -2.10. The van der Waals surface area contributed by atoms with Crippen LogP contribution in [0.3, 0.4) is 0 Å². The van der Waals surface area contributed by atoms with E-state index in [1.807, 2.05) is 55.5 Å². The first-order valence-corrected chi connectivity index (χ1v) is 8.64. The highest BCUT2D eigenvalue weighted by molar-refractivity contribution is 5.99. The number of carbonyl (C=O) groups excluding carboxylic acids is 1. The van der Waals surface area contributed by atoms with E-state index in [4.69, 9.17) is 0 Å². The van der Waals surface area contributed by atoms with Crippen LogP contribution >= 0.6 is 0 Å². The number of nitrogens with zero attached hydrogens (tertiary/aromatic N) is 3. The first-order valence-electron chi connectivity index (χ1n) is 8.64. The predicted octanol–water partition coefficient (Wildman–Crippen LogP) is 3.79. The van der Waals surface area contributed by atoms with Gasteiger partial charge in [0.25, 0.3) is 0 Å². The number of hydrogen-bond acceptors (Lipinski definition) is 5. The van der Waals surface area contributed by atoms with Crippen LogP contribution in [-0.4, -0.2) is 28.1 Å². The van der Waals surface area contributed by atoms with Crippen molar-refractivity contribution in [3.63, 3.8) is 0 Å². The lowest BCUT2D eigenvalue weighted by atomic mass is 10.1. The summed E-state index contributed by atoms with van der Waals surface area (Å²) >= 11 is 0. The van der Waals surface area contributed by atoms with Crippen molar-refractivity contribution >= 4 is 29.1 Å². The van der Waals surface area contributed by atoms with E-state index in [-0.39, 0.29) is 5.91 Å². The highest BCUT2D eigenvalue weighted by Crippen LogP contribution is 2.20. The zero-order chi connectivity index (χ0) is 19.1. The molecule has 1 amide bonds. The molecular weight excluding hydrogens is 338 g/mol. The van der Waals surface area contributed by atoms with Crippen molar-refractivity contribution in [1.29, 1.82) is 0 Å². The maximum atomic E-state index is 11.2. The molecule has 0 radical (unpaired) electrons. The fraction of sp³-hybridized carbons (Fsp3) is 0.143. The lowest BCUT2D eigenvalue weighted by Crippen LogP contribution is -2.23. The van der Waals surface area contributed by atoms with Gasteiger partial charge >= 0.3 is 0 Å². The highest BCUT2D eigenvalue weighted by Gasteiger charge is 2.07. The molecule has 1 aromatic heterocycles. The number of anilines is 2. The van der Waals surface area contributed by atoms with E-state index >= 15 is 0 Å². The molecule has 27 heavy (non-hydrogen) atoms. The second-order valence-corrected chi connectivity index (χ2v) is 6.03. The topological polar surface area (TPSA) is 79.3 Å². The molecule has 3 rings (SSSR count). The van der Waals surface area contributed by atoms with Gasteiger partial charge in [-0.15, -0.1) is 0 Å². The number of aromatic nitrogens is 2. The summed E-state index contributed by atoms with van der Waals surface area (Å²) in [4.78, 5) is 24.7. The van der Waals surface area contributed by atoms with Gasteiger partial charge in [-0.25, -0.2) is 9.98 Å². The quantitative estimate of drug-likeness (QED) is 0.769. The van der Waals surface area contributed by atoms with Crippen LogP contribution in [0.2, 0.25) is 0 Å². The summed E-state index contributed by atoms with van der Waals surface area (Å²) in [6, 6.07) is 9.77. The number of allylic oxidation sites excluding steroid dienone is 2. The molecule has 0 bridgehead atoms. The van der Waals surface area contributed by atoms with Crippen molar-refractivity contribution in [3.8, 4) is 0 Å². The monoisotopic (exact) mass is 359 g/mol. The van der Waals surface area contributed by atoms with Gasteiger partial charge in [0.1, 0.15) is 0 Å². The van der Waals surface area contributed by atoms with Gasteiger partial charge in [0.15, 0.2) is 5.82 Å². The van der Waals surface area contributed by atoms with Crippen molar-refractivity contribution in [2.24, 2.45) is 4.99 Å². The predicted molar refractivity (Wildman–Crippen MR) is 109 cm³/mol. The molecule has 0 fully saturated rings. The van der Waals surface area contributed by atoms with Gasteiger partial charge in [-0.3, -0.25) is 4.79 Å². The van der Waals surface area contributed by atoms with Crippen molar-refractivity contribution < 1.29 is 4.79 Å². The summed E-state index contributed by atoms with van der Waals surface area (Å²) in [5.41, 5.74) is 3.77. The number of rotatable bonds is 6. The van der Waals surface area contributed by atoms with Crippen molar-refractivity contribution in [1.82, 2.24) is 15.3 Å². The summed E-state index contributed by atoms with van der Waals surface area (Å²) in [6.07, 6.45) is 9.64. The molecule has 0 spiro atoms. The molecule has 1 heterocycles. The molecule has 2 N–H and O–H groups in total. The number of amides is 1. The smallest absolute Gasteiger partial charge is 0.243 e. The maximum absolute atomic E-state index is 11.2. The highest BCUT2D eigenvalue weighted by atomic mass is 16.1. The van der Waals surface area contributed by atoms with E-state index in [2.05, 4.69) is 32.2 Å². The Morgan fingerprint density at radius 3 is 2.81 bits per heavy atom. The third-order valence-electron chi connectivity index (χ3n) is 3.94. The van der Waals surface area contributed by atoms with Crippen LogP contribution in [0.25, 0.3) is 0 Å². The molecule has 6 heteroatoms. The largest absolute Gasteiger partial charge is 0.349 e. The summed E-state index contributed by atoms with van der Waals surface area (Å²) < 4.78 is 0. The SMILES string of the molecule is C=CC(=O)NCC1=CCC(=Nc2nc(Nc3ccccc3)ncc2C)C=C1. The molecule has 1 aliphatic rings. The molecule has 136 valence electrons. The van der Waals surface area contributed by atoms with Crippen LogP contribution in [-0.2, 0) is 4.79 Å². The lowest BCUT2D eigenvalue weighted by molar-refractivity contribution is -0.116. The van der Waals surface area contributed by atoms with E-state index < -0.39 is 0 Å². The third kappa shape index (κ3) is 5.22. The first kappa shape index (κ1) is 18.3. The number of para-hydroxylation sites is 1. The number of aliphatic imine (C=N–C) groups is 1. The summed E-state index contributed by atoms with van der Waals surface area (Å²) in [6.45, 7) is 5.85. The van der Waals surface area contributed by atoms with Gasteiger partial charge < -0.3 is 10.6 Å². The Morgan fingerprint density at radius 1 is 1.30 bits per heavy atom. The molecule has 6 nitrogen and oxygen atoms in total. The molecule has 0 aliphatic heterocycles. The normalized spacial score (nSPS) is 14.6. The molecule has 1 aliphatic carbocycles. The minimum absolute atomic E-state index is 0.182. The van der Waals surface area contributed by atoms with E-state index in [9.17, 15) is 4.79 Å². The molecule has 0 saturated heterocycles. The Balaban J connectivity index is 1.69. The van der Waals surface area contributed by atoms with Crippen LogP contribution in [0.1, 0.15) is 12.0 Å². The van der Waals surface area contributed by atoms with Crippen LogP contribution < -0.4 is 10.6 Å². The zero-order valence-electron chi connectivity index (χ0n) is 15.1. The molecular formula is C21H21N5O. The van der Waals surface area contributed by atoms with Crippen molar-refractivity contribution in [2.75, 3.05) is 11.9 Å². The van der Waals surface area contributed by atoms with Gasteiger partial charge in [0, 0.05) is 36.1 Å². The Labute approximate surface area is 158 Å². The zero-order valence-corrected chi connectivity index (χ0v) is 15.1. The van der Waals surface area contributed by atoms with E-state index in [0.717, 1.165) is 22.5 Å². The standard InChI is InChI=1S/C21H21N5O/c1-3-19(27)22-14-16-9-11-18(12-10-16)24-20-15(2)13-23-21(26-20)25-17-7-5-4-6-8-17/h3-11,13H,1,12,14H2,2H3,(H,22,27)(H,23,25,26). The molecule has 0 atom stereocenters. The second kappa shape index (κ2) is 8.71. The van der Waals surface area contributed by atoms with Gasteiger partial charge in [-0.05, 0) is 36.8 Å². The molecule has 0 saturated carbocycles. The first-order chi connectivity index (χ1) is 13.1. The van der Waals surface area contributed by atoms with Crippen molar-refractivity contribution in [3.05, 3.63) is 78.5 Å². The molecule has 2 aromatic rings. The number of aryl methyl sites for hydroxylation is 1. The van der Waals surface area contributed by atoms with Crippen LogP contribution in [0, 0.1) is 6.92 Å². The third-order valence-corrected chi connectivity index (χ3v) is 3.94. The average molecular weight is 359 g/mol. The number of carbonyl (C=O) groups is 1. The molecule has 0 unspecified atom stereocenters. The number of benzene rings is 1. The van der Waals surface area contributed by atoms with Gasteiger partial charge in [-0.2, -0.15) is 4.98 Å². The van der Waals surface area contributed by atoms with Crippen molar-refractivity contribution in [2.45, 2.75) is 13.3 Å². The van der Waals surface area contributed by atoms with E-state index in [0.29, 0.717) is 24.7 Å². The second-order valence-electron chi connectivity index (χ2n) is 6.03. The minimum Gasteiger partial charge on any atom is -0.349 e. The number of nitrogens with one attached hydrogen (secondary N) is 2. The van der Waals surface area contributed by atoms with E-state index in [1.165, 1.54) is 6.08 Å². The van der Waals surface area contributed by atoms with Crippen LogP contribution in [0.5, 0.6) is 0 Å². The minimum atomic E-state index is -0.182. The van der Waals surface area contributed by atoms with Crippen LogP contribution in [0.15, 0.2) is 78.0 Å². The van der Waals surface area contributed by atoms with E-state index in [1.54, 1.807) is 6.20 Å². The Morgan fingerprint density at radius 2 is 2.11 bits per heavy atom. The number of hydrogen-bond donors (Lipinski definition) is 2. The fourth-order valence-corrected chi connectivity index (χ4v) is 2.44. The average Bonchev–Trinajstić information content (AvgIpc) is 2.70. The van der Waals surface area contributed by atoms with Crippen LogP contribution in [0.4, 0.5) is 17.5 Å². The maximum Gasteiger partial charge on any atom is 0.243 e. The Hall–Kier alpha value is -3.54. The summed E-state index contributed by atoms with van der Waals surface area (Å²) in [5, 5.41) is 5.94. The summed E-state index contributed by atoms with van der Waals surface area (Å²) in [7, 11) is 0. The van der Waals surface area contributed by atoms with Gasteiger partial charge in [0.2, 0.25) is 11.9 Å².